The third-order valence-corrected chi connectivity index (χ3v) is 7.60. The van der Waals surface area contributed by atoms with E-state index in [0.717, 1.165) is 68.5 Å². The first kappa shape index (κ1) is 24.3. The Balaban J connectivity index is 1.60. The number of alkyl halides is 6. The molecule has 3 heterocycles. The van der Waals surface area contributed by atoms with Gasteiger partial charge in [0.05, 0.1) is 23.1 Å². The van der Waals surface area contributed by atoms with Gasteiger partial charge in [0.15, 0.2) is 0 Å². The van der Waals surface area contributed by atoms with E-state index < -0.39 is 29.2 Å². The van der Waals surface area contributed by atoms with E-state index in [9.17, 15) is 26.3 Å². The molecule has 0 N–H and O–H groups in total. The molecule has 1 saturated heterocycles. The van der Waals surface area contributed by atoms with E-state index in [-0.39, 0.29) is 11.9 Å². The molecule has 5 rings (SSSR count). The SMILES string of the molecule is FC(F)(F)c1cc(Oc2nc(CN3CCCCC3)nc3sc4c(c23)CCCC4)cc(C(F)(F)F)c1. The average molecular weight is 516 g/mol. The lowest BCUT2D eigenvalue weighted by Crippen LogP contribution is -2.29. The maximum Gasteiger partial charge on any atom is 0.416 e. The smallest absolute Gasteiger partial charge is 0.416 e. The number of nitrogens with zero attached hydrogens (tertiary/aromatic N) is 3. The number of aryl methyl sites for hydroxylation is 2. The molecule has 0 amide bonds. The van der Waals surface area contributed by atoms with E-state index in [0.29, 0.717) is 34.7 Å². The van der Waals surface area contributed by atoms with Crippen molar-refractivity contribution in [3.8, 4) is 11.6 Å². The third kappa shape index (κ3) is 5.25. The summed E-state index contributed by atoms with van der Waals surface area (Å²) in [5.41, 5.74) is -1.86. The summed E-state index contributed by atoms with van der Waals surface area (Å²) in [4.78, 5) is 13.2. The lowest BCUT2D eigenvalue weighted by molar-refractivity contribution is -0.143. The molecule has 0 unspecified atom stereocenters. The number of rotatable bonds is 4. The second-order valence-corrected chi connectivity index (χ2v) is 10.1. The first-order chi connectivity index (χ1) is 16.6. The van der Waals surface area contributed by atoms with Gasteiger partial charge in [-0.1, -0.05) is 6.42 Å². The zero-order chi connectivity index (χ0) is 24.8. The van der Waals surface area contributed by atoms with Gasteiger partial charge in [0.2, 0.25) is 5.88 Å². The van der Waals surface area contributed by atoms with E-state index in [1.807, 2.05) is 0 Å². The number of ether oxygens (including phenoxy) is 1. The minimum absolute atomic E-state index is 0.0221. The van der Waals surface area contributed by atoms with Crippen molar-refractivity contribution in [2.45, 2.75) is 63.8 Å². The number of halogens is 6. The highest BCUT2D eigenvalue weighted by Crippen LogP contribution is 2.43. The van der Waals surface area contributed by atoms with E-state index in [4.69, 9.17) is 9.72 Å². The van der Waals surface area contributed by atoms with Crippen LogP contribution < -0.4 is 4.74 Å². The van der Waals surface area contributed by atoms with Gasteiger partial charge in [-0.3, -0.25) is 4.90 Å². The quantitative estimate of drug-likeness (QED) is 0.340. The van der Waals surface area contributed by atoms with Crippen LogP contribution >= 0.6 is 11.3 Å². The number of hydrogen-bond donors (Lipinski definition) is 0. The number of fused-ring (bicyclic) bond motifs is 3. The van der Waals surface area contributed by atoms with Crippen LogP contribution in [-0.4, -0.2) is 28.0 Å². The molecule has 1 aromatic carbocycles. The zero-order valence-electron chi connectivity index (χ0n) is 18.7. The fourth-order valence-electron chi connectivity index (χ4n) is 4.73. The zero-order valence-corrected chi connectivity index (χ0v) is 19.5. The maximum atomic E-state index is 13.4. The Morgan fingerprint density at radius 3 is 2.14 bits per heavy atom. The number of likely N-dealkylation sites (tertiary alicyclic amines) is 1. The van der Waals surface area contributed by atoms with Gasteiger partial charge in [-0.25, -0.2) is 4.98 Å². The monoisotopic (exact) mass is 515 g/mol. The van der Waals surface area contributed by atoms with Crippen LogP contribution in [0.2, 0.25) is 0 Å². The van der Waals surface area contributed by atoms with Crippen molar-refractivity contribution >= 4 is 21.6 Å². The molecule has 1 aliphatic carbocycles. The van der Waals surface area contributed by atoms with E-state index in [2.05, 4.69) is 9.88 Å². The summed E-state index contributed by atoms with van der Waals surface area (Å²) in [6, 6.07) is 1.27. The van der Waals surface area contributed by atoms with Crippen LogP contribution in [0.3, 0.4) is 0 Å². The summed E-state index contributed by atoms with van der Waals surface area (Å²) in [5, 5.41) is 0.595. The summed E-state index contributed by atoms with van der Waals surface area (Å²) in [5.74, 6) is -0.0725. The Hall–Kier alpha value is -2.40. The Kier molecular flexibility index (Phi) is 6.41. The Morgan fingerprint density at radius 1 is 0.829 bits per heavy atom. The minimum atomic E-state index is -4.96. The summed E-state index contributed by atoms with van der Waals surface area (Å²) >= 11 is 1.51. The molecule has 11 heteroatoms. The van der Waals surface area contributed by atoms with Crippen molar-refractivity contribution in [1.29, 1.82) is 0 Å². The second-order valence-electron chi connectivity index (χ2n) is 9.02. The standard InChI is InChI=1S/C24H23F6N3OS/c25-23(26,27)14-10-15(24(28,29)30)12-16(11-14)34-21-20-17-6-2-3-7-18(17)35-22(20)32-19(31-21)13-33-8-4-1-5-9-33/h10-12H,1-9,13H2. The molecule has 1 fully saturated rings. The second kappa shape index (κ2) is 9.24. The van der Waals surface area contributed by atoms with Crippen molar-refractivity contribution in [2.24, 2.45) is 0 Å². The van der Waals surface area contributed by atoms with Crippen molar-refractivity contribution in [3.63, 3.8) is 0 Å². The van der Waals surface area contributed by atoms with Crippen molar-refractivity contribution in [2.75, 3.05) is 13.1 Å². The van der Waals surface area contributed by atoms with Crippen LogP contribution in [0.1, 0.15) is 59.5 Å². The predicted molar refractivity (Wildman–Crippen MR) is 120 cm³/mol. The fraction of sp³-hybridized carbons (Fsp3) is 0.500. The Bertz CT molecular complexity index is 1200. The topological polar surface area (TPSA) is 38.2 Å². The van der Waals surface area contributed by atoms with Gasteiger partial charge >= 0.3 is 12.4 Å². The molecule has 0 atom stereocenters. The highest BCUT2D eigenvalue weighted by molar-refractivity contribution is 7.18. The van der Waals surface area contributed by atoms with Crippen LogP contribution in [-0.2, 0) is 31.7 Å². The summed E-state index contributed by atoms with van der Waals surface area (Å²) in [6.45, 7) is 2.23. The highest BCUT2D eigenvalue weighted by atomic mass is 32.1. The number of aromatic nitrogens is 2. The molecule has 3 aromatic rings. The lowest BCUT2D eigenvalue weighted by atomic mass is 9.97. The normalized spacial score (nSPS) is 17.5. The first-order valence-corrected chi connectivity index (χ1v) is 12.4. The molecule has 2 aliphatic rings. The first-order valence-electron chi connectivity index (χ1n) is 11.6. The van der Waals surface area contributed by atoms with Gasteiger partial charge in [-0.05, 0) is 75.4 Å². The fourth-order valence-corrected chi connectivity index (χ4v) is 6.00. The van der Waals surface area contributed by atoms with Crippen molar-refractivity contribution in [3.05, 3.63) is 45.6 Å². The predicted octanol–water partition coefficient (Wildman–Crippen LogP) is 7.39. The van der Waals surface area contributed by atoms with E-state index >= 15 is 0 Å². The van der Waals surface area contributed by atoms with Gasteiger partial charge < -0.3 is 4.74 Å². The van der Waals surface area contributed by atoms with Gasteiger partial charge in [0.25, 0.3) is 0 Å². The van der Waals surface area contributed by atoms with Crippen LogP contribution in [0.25, 0.3) is 10.2 Å². The molecular formula is C24H23F6N3OS. The molecule has 1 aliphatic heterocycles. The van der Waals surface area contributed by atoms with Crippen LogP contribution in [0, 0.1) is 0 Å². The molecule has 2 aromatic heterocycles. The molecule has 35 heavy (non-hydrogen) atoms. The molecule has 4 nitrogen and oxygen atoms in total. The van der Waals surface area contributed by atoms with Crippen LogP contribution in [0.5, 0.6) is 11.6 Å². The maximum absolute atomic E-state index is 13.4. The third-order valence-electron chi connectivity index (χ3n) is 6.42. The highest BCUT2D eigenvalue weighted by Gasteiger charge is 2.37. The molecule has 0 saturated carbocycles. The molecule has 188 valence electrons. The molecular weight excluding hydrogens is 492 g/mol. The minimum Gasteiger partial charge on any atom is -0.438 e. The van der Waals surface area contributed by atoms with Gasteiger partial charge in [-0.15, -0.1) is 11.3 Å². The van der Waals surface area contributed by atoms with Crippen molar-refractivity contribution in [1.82, 2.24) is 14.9 Å². The number of benzene rings is 1. The van der Waals surface area contributed by atoms with E-state index in [1.165, 1.54) is 11.3 Å². The summed E-state index contributed by atoms with van der Waals surface area (Å²) in [7, 11) is 0. The van der Waals surface area contributed by atoms with Crippen molar-refractivity contribution < 1.29 is 31.1 Å². The largest absolute Gasteiger partial charge is 0.438 e. The Morgan fingerprint density at radius 2 is 1.49 bits per heavy atom. The number of piperidine rings is 1. The van der Waals surface area contributed by atoms with Crippen LogP contribution in [0.15, 0.2) is 18.2 Å². The average Bonchev–Trinajstić information content (AvgIpc) is 3.17. The number of thiophene rings is 1. The summed E-state index contributed by atoms with van der Waals surface area (Å²) < 4.78 is 86.0. The Labute approximate surface area is 201 Å². The van der Waals surface area contributed by atoms with Gasteiger partial charge in [0.1, 0.15) is 16.4 Å². The molecule has 0 spiro atoms. The van der Waals surface area contributed by atoms with Crippen LogP contribution in [0.4, 0.5) is 26.3 Å². The van der Waals surface area contributed by atoms with Gasteiger partial charge in [0, 0.05) is 4.88 Å². The molecule has 0 bridgehead atoms. The van der Waals surface area contributed by atoms with Gasteiger partial charge in [-0.2, -0.15) is 31.3 Å². The summed E-state index contributed by atoms with van der Waals surface area (Å²) in [6.07, 6.45) is -3.08. The molecule has 0 radical (unpaired) electrons. The number of hydrogen-bond acceptors (Lipinski definition) is 5. The van der Waals surface area contributed by atoms with E-state index in [1.54, 1.807) is 0 Å². The lowest BCUT2D eigenvalue weighted by Gasteiger charge is -2.25.